The number of carboxylic acids is 1. The van der Waals surface area contributed by atoms with Gasteiger partial charge in [0, 0.05) is 18.9 Å². The summed E-state index contributed by atoms with van der Waals surface area (Å²) in [6.45, 7) is 3.46. The summed E-state index contributed by atoms with van der Waals surface area (Å²) >= 11 is 5.56. The first-order valence-electron chi connectivity index (χ1n) is 5.53. The highest BCUT2D eigenvalue weighted by molar-refractivity contribution is 6.29. The predicted molar refractivity (Wildman–Crippen MR) is 64.2 cm³/mol. The molecule has 0 bridgehead atoms. The number of hydrogen-bond donors (Lipinski definition) is 2. The number of carboxylic acid groups (broad SMARTS) is 1. The molecule has 0 fully saturated rings. The lowest BCUT2D eigenvalue weighted by Gasteiger charge is -2.17. The Balaban J connectivity index is 2.43. The molecule has 0 saturated heterocycles. The zero-order valence-electron chi connectivity index (χ0n) is 10.1. The zero-order chi connectivity index (χ0) is 13.7. The Bertz CT molecular complexity index is 430. The molecule has 0 aliphatic rings. The second-order valence-corrected chi connectivity index (χ2v) is 4.63. The molecular weight excluding hydrogens is 260 g/mol. The fourth-order valence-electron chi connectivity index (χ4n) is 1.40. The van der Waals surface area contributed by atoms with Crippen molar-refractivity contribution in [3.05, 3.63) is 17.0 Å². The Morgan fingerprint density at radius 2 is 2.22 bits per heavy atom. The Morgan fingerprint density at radius 1 is 1.56 bits per heavy atom. The first-order valence-corrected chi connectivity index (χ1v) is 5.91. The van der Waals surface area contributed by atoms with Crippen molar-refractivity contribution in [2.45, 2.75) is 32.7 Å². The lowest BCUT2D eigenvalue weighted by molar-refractivity contribution is -0.143. The van der Waals surface area contributed by atoms with Crippen LogP contribution in [0.15, 0.2) is 10.6 Å². The SMILES string of the molecule is CC(C)C(NC(=O)CCc1cc(Cl)no1)C(=O)O. The predicted octanol–water partition coefficient (Wildman–Crippen LogP) is 1.49. The molecule has 0 spiro atoms. The van der Waals surface area contributed by atoms with Crippen molar-refractivity contribution in [1.82, 2.24) is 10.5 Å². The summed E-state index contributed by atoms with van der Waals surface area (Å²) in [6.07, 6.45) is 0.456. The van der Waals surface area contributed by atoms with Crippen LogP contribution >= 0.6 is 11.6 Å². The Morgan fingerprint density at radius 3 is 2.67 bits per heavy atom. The summed E-state index contributed by atoms with van der Waals surface area (Å²) in [5.74, 6) is -1.07. The molecule has 6 nitrogen and oxygen atoms in total. The molecule has 1 aromatic rings. The van der Waals surface area contributed by atoms with E-state index in [0.717, 1.165) is 0 Å². The molecule has 1 rings (SSSR count). The summed E-state index contributed by atoms with van der Waals surface area (Å²) in [5.41, 5.74) is 0. The lowest BCUT2D eigenvalue weighted by atomic mass is 10.0. The zero-order valence-corrected chi connectivity index (χ0v) is 10.9. The molecule has 0 aliphatic heterocycles. The number of aromatic nitrogens is 1. The van der Waals surface area contributed by atoms with Gasteiger partial charge in [0.15, 0.2) is 5.15 Å². The van der Waals surface area contributed by atoms with Crippen molar-refractivity contribution in [1.29, 1.82) is 0 Å². The molecule has 1 heterocycles. The van der Waals surface area contributed by atoms with E-state index in [1.54, 1.807) is 13.8 Å². The molecule has 2 N–H and O–H groups in total. The van der Waals surface area contributed by atoms with E-state index in [1.165, 1.54) is 6.07 Å². The number of hydrogen-bond acceptors (Lipinski definition) is 4. The molecule has 1 unspecified atom stereocenters. The average molecular weight is 275 g/mol. The van der Waals surface area contributed by atoms with Crippen LogP contribution in [0.5, 0.6) is 0 Å². The van der Waals surface area contributed by atoms with E-state index < -0.39 is 12.0 Å². The monoisotopic (exact) mass is 274 g/mol. The quantitative estimate of drug-likeness (QED) is 0.820. The highest BCUT2D eigenvalue weighted by atomic mass is 35.5. The van der Waals surface area contributed by atoms with Crippen LogP contribution in [0.25, 0.3) is 0 Å². The molecule has 1 amide bonds. The van der Waals surface area contributed by atoms with Crippen molar-refractivity contribution >= 4 is 23.5 Å². The van der Waals surface area contributed by atoms with Crippen LogP contribution in [0, 0.1) is 5.92 Å². The molecule has 7 heteroatoms. The van der Waals surface area contributed by atoms with Gasteiger partial charge in [-0.1, -0.05) is 30.6 Å². The molecule has 1 atom stereocenters. The van der Waals surface area contributed by atoms with E-state index in [-0.39, 0.29) is 23.4 Å². The second kappa shape index (κ2) is 6.39. The van der Waals surface area contributed by atoms with E-state index >= 15 is 0 Å². The van der Waals surface area contributed by atoms with Crippen molar-refractivity contribution in [2.24, 2.45) is 5.92 Å². The van der Waals surface area contributed by atoms with Crippen LogP contribution in [-0.4, -0.2) is 28.2 Å². The van der Waals surface area contributed by atoms with Crippen molar-refractivity contribution in [3.8, 4) is 0 Å². The average Bonchev–Trinajstić information content (AvgIpc) is 2.68. The van der Waals surface area contributed by atoms with Gasteiger partial charge in [-0.05, 0) is 5.92 Å². The number of aryl methyl sites for hydroxylation is 1. The third-order valence-electron chi connectivity index (χ3n) is 2.38. The van der Waals surface area contributed by atoms with Gasteiger partial charge in [0.25, 0.3) is 0 Å². The van der Waals surface area contributed by atoms with Crippen molar-refractivity contribution in [3.63, 3.8) is 0 Å². The topological polar surface area (TPSA) is 92.4 Å². The minimum absolute atomic E-state index is 0.127. The number of halogens is 1. The van der Waals surface area contributed by atoms with Crippen LogP contribution in [0.4, 0.5) is 0 Å². The summed E-state index contributed by atoms with van der Waals surface area (Å²) in [5, 5.41) is 15.1. The minimum Gasteiger partial charge on any atom is -0.480 e. The second-order valence-electron chi connectivity index (χ2n) is 4.24. The Labute approximate surface area is 109 Å². The Hall–Kier alpha value is -1.56. The molecule has 0 aliphatic carbocycles. The standard InChI is InChI=1S/C11H15ClN2O4/c1-6(2)10(11(16)17)13-9(15)4-3-7-5-8(12)14-18-7/h5-6,10H,3-4H2,1-2H3,(H,13,15)(H,16,17). The van der Waals surface area contributed by atoms with Crippen LogP contribution in [0.3, 0.4) is 0 Å². The van der Waals surface area contributed by atoms with Gasteiger partial charge in [0.05, 0.1) is 0 Å². The largest absolute Gasteiger partial charge is 0.480 e. The maximum absolute atomic E-state index is 11.6. The molecule has 0 saturated carbocycles. The molecule has 0 aromatic carbocycles. The van der Waals surface area contributed by atoms with Crippen LogP contribution < -0.4 is 5.32 Å². The van der Waals surface area contributed by atoms with E-state index in [2.05, 4.69) is 10.5 Å². The third kappa shape index (κ3) is 4.37. The number of amides is 1. The van der Waals surface area contributed by atoms with Gasteiger partial charge in [0.1, 0.15) is 11.8 Å². The van der Waals surface area contributed by atoms with Crippen LogP contribution in [0.2, 0.25) is 5.15 Å². The highest BCUT2D eigenvalue weighted by Gasteiger charge is 2.23. The molecule has 18 heavy (non-hydrogen) atoms. The third-order valence-corrected chi connectivity index (χ3v) is 2.56. The van der Waals surface area contributed by atoms with Gasteiger partial charge in [0.2, 0.25) is 5.91 Å². The van der Waals surface area contributed by atoms with E-state index in [9.17, 15) is 9.59 Å². The smallest absolute Gasteiger partial charge is 0.326 e. The normalized spacial score (nSPS) is 12.4. The van der Waals surface area contributed by atoms with Crippen molar-refractivity contribution in [2.75, 3.05) is 0 Å². The molecule has 1 aromatic heterocycles. The summed E-state index contributed by atoms with van der Waals surface area (Å²) in [4.78, 5) is 22.5. The van der Waals surface area contributed by atoms with Crippen LogP contribution in [0.1, 0.15) is 26.0 Å². The number of carbonyl (C=O) groups excluding carboxylic acids is 1. The number of rotatable bonds is 6. The Kier molecular flexibility index (Phi) is 5.15. The van der Waals surface area contributed by atoms with Gasteiger partial charge in [-0.2, -0.15) is 0 Å². The number of nitrogens with one attached hydrogen (secondary N) is 1. The van der Waals surface area contributed by atoms with Gasteiger partial charge < -0.3 is 14.9 Å². The fraction of sp³-hybridized carbons (Fsp3) is 0.545. The fourth-order valence-corrected chi connectivity index (χ4v) is 1.56. The van der Waals surface area contributed by atoms with Gasteiger partial charge in [-0.25, -0.2) is 4.79 Å². The number of nitrogens with zero attached hydrogens (tertiary/aromatic N) is 1. The molecule has 0 radical (unpaired) electrons. The summed E-state index contributed by atoms with van der Waals surface area (Å²) in [6, 6.07) is 0.641. The maximum Gasteiger partial charge on any atom is 0.326 e. The first-order chi connectivity index (χ1) is 8.40. The van der Waals surface area contributed by atoms with E-state index in [4.69, 9.17) is 21.2 Å². The highest BCUT2D eigenvalue weighted by Crippen LogP contribution is 2.10. The van der Waals surface area contributed by atoms with Crippen molar-refractivity contribution < 1.29 is 19.2 Å². The van der Waals surface area contributed by atoms with Gasteiger partial charge >= 0.3 is 5.97 Å². The van der Waals surface area contributed by atoms with E-state index in [1.807, 2.05) is 0 Å². The number of carbonyl (C=O) groups is 2. The molecular formula is C11H15ClN2O4. The summed E-state index contributed by atoms with van der Waals surface area (Å²) in [7, 11) is 0. The van der Waals surface area contributed by atoms with Gasteiger partial charge in [-0.3, -0.25) is 4.79 Å². The number of aliphatic carboxylic acids is 1. The van der Waals surface area contributed by atoms with Crippen LogP contribution in [-0.2, 0) is 16.0 Å². The maximum atomic E-state index is 11.6. The summed E-state index contributed by atoms with van der Waals surface area (Å²) < 4.78 is 4.84. The molecule has 100 valence electrons. The van der Waals surface area contributed by atoms with E-state index in [0.29, 0.717) is 12.2 Å². The van der Waals surface area contributed by atoms with Gasteiger partial charge in [-0.15, -0.1) is 0 Å². The first kappa shape index (κ1) is 14.5. The minimum atomic E-state index is -1.04. The lowest BCUT2D eigenvalue weighted by Crippen LogP contribution is -2.44.